The van der Waals surface area contributed by atoms with Crippen molar-refractivity contribution in [2.24, 2.45) is 11.8 Å². The maximum Gasteiger partial charge on any atom is 0.243 e. The highest BCUT2D eigenvalue weighted by molar-refractivity contribution is 7.89. The Hall–Kier alpha value is -2.03. The van der Waals surface area contributed by atoms with Gasteiger partial charge in [-0.1, -0.05) is 6.07 Å². The minimum absolute atomic E-state index is 0.0965. The predicted octanol–water partition coefficient (Wildman–Crippen LogP) is 1.97. The molecule has 1 N–H and O–H groups in total. The molecule has 1 aromatic carbocycles. The molecule has 0 aliphatic carbocycles. The maximum atomic E-state index is 13.1. The van der Waals surface area contributed by atoms with Crippen molar-refractivity contribution in [3.05, 3.63) is 54.5 Å². The van der Waals surface area contributed by atoms with E-state index in [1.165, 1.54) is 28.6 Å². The van der Waals surface area contributed by atoms with Gasteiger partial charge in [0, 0.05) is 37.7 Å². The van der Waals surface area contributed by atoms with Crippen LogP contribution < -0.4 is 5.32 Å². The number of nitrogens with one attached hydrogen (secondary N) is 1. The molecule has 0 amide bonds. The fourth-order valence-corrected chi connectivity index (χ4v) is 5.12. The summed E-state index contributed by atoms with van der Waals surface area (Å²) in [5.74, 6) is 0.702. The number of benzene rings is 1. The summed E-state index contributed by atoms with van der Waals surface area (Å²) in [7, 11) is -3.63. The van der Waals surface area contributed by atoms with E-state index in [9.17, 15) is 12.8 Å². The van der Waals surface area contributed by atoms with E-state index in [2.05, 4.69) is 10.3 Å². The molecule has 138 valence electrons. The summed E-state index contributed by atoms with van der Waals surface area (Å²) in [4.78, 5) is 4.35. The molecule has 26 heavy (non-hydrogen) atoms. The van der Waals surface area contributed by atoms with Crippen molar-refractivity contribution in [2.45, 2.75) is 11.0 Å². The van der Waals surface area contributed by atoms with Crippen molar-refractivity contribution in [2.75, 3.05) is 31.6 Å². The molecular formula is C18H20FN3O3S. The molecule has 0 saturated carbocycles. The number of ether oxygens (including phenoxy) is 1. The summed E-state index contributed by atoms with van der Waals surface area (Å²) in [6, 6.07) is 10.6. The first-order chi connectivity index (χ1) is 12.5. The molecular weight excluding hydrogens is 357 g/mol. The van der Waals surface area contributed by atoms with Gasteiger partial charge in [-0.15, -0.1) is 0 Å². The number of anilines is 1. The Morgan fingerprint density at radius 3 is 2.73 bits per heavy atom. The minimum atomic E-state index is -3.63. The topological polar surface area (TPSA) is 71.5 Å². The minimum Gasteiger partial charge on any atom is -0.376 e. The first-order valence-corrected chi connectivity index (χ1v) is 10.0. The number of aromatic nitrogens is 1. The van der Waals surface area contributed by atoms with Crippen LogP contribution in [0.5, 0.6) is 0 Å². The quantitative estimate of drug-likeness (QED) is 0.863. The Kier molecular flexibility index (Phi) is 4.64. The van der Waals surface area contributed by atoms with Gasteiger partial charge in [0.25, 0.3) is 0 Å². The Balaban J connectivity index is 1.43. The first kappa shape index (κ1) is 17.4. The van der Waals surface area contributed by atoms with Gasteiger partial charge in [0.2, 0.25) is 10.0 Å². The zero-order chi connectivity index (χ0) is 18.1. The zero-order valence-corrected chi connectivity index (χ0v) is 14.9. The van der Waals surface area contributed by atoms with Crippen LogP contribution >= 0.6 is 0 Å². The van der Waals surface area contributed by atoms with Crippen LogP contribution in [0.15, 0.2) is 53.6 Å². The van der Waals surface area contributed by atoms with Gasteiger partial charge in [-0.3, -0.25) is 0 Å². The van der Waals surface area contributed by atoms with E-state index in [4.69, 9.17) is 4.74 Å². The summed E-state index contributed by atoms with van der Waals surface area (Å²) in [6.07, 6.45) is 1.63. The smallest absolute Gasteiger partial charge is 0.243 e. The van der Waals surface area contributed by atoms with E-state index < -0.39 is 15.8 Å². The standard InChI is InChI=1S/C18H20FN3O3S/c19-14-4-6-15(7-5-14)26(23,24)22-10-16-13(12-25-17(16)11-22)9-21-18-3-1-2-8-20-18/h1-8,13,16-17H,9-12H2,(H,20,21)/t13-,16+,17+/m0/s1. The number of halogens is 1. The van der Waals surface area contributed by atoms with E-state index in [1.807, 2.05) is 18.2 Å². The molecule has 2 aliphatic heterocycles. The van der Waals surface area contributed by atoms with Crippen molar-refractivity contribution in [3.63, 3.8) is 0 Å². The third kappa shape index (κ3) is 3.32. The van der Waals surface area contributed by atoms with Gasteiger partial charge < -0.3 is 10.1 Å². The molecule has 0 bridgehead atoms. The number of rotatable bonds is 5. The monoisotopic (exact) mass is 377 g/mol. The molecule has 6 nitrogen and oxygen atoms in total. The number of pyridine rings is 1. The number of fused-ring (bicyclic) bond motifs is 1. The Morgan fingerprint density at radius 1 is 1.19 bits per heavy atom. The summed E-state index contributed by atoms with van der Waals surface area (Å²) < 4.78 is 45.9. The van der Waals surface area contributed by atoms with Crippen LogP contribution in [-0.4, -0.2) is 50.1 Å². The van der Waals surface area contributed by atoms with Gasteiger partial charge in [-0.25, -0.2) is 17.8 Å². The molecule has 8 heteroatoms. The lowest BCUT2D eigenvalue weighted by Crippen LogP contribution is -2.32. The maximum absolute atomic E-state index is 13.1. The van der Waals surface area contributed by atoms with E-state index >= 15 is 0 Å². The van der Waals surface area contributed by atoms with Crippen LogP contribution in [0.4, 0.5) is 10.2 Å². The van der Waals surface area contributed by atoms with E-state index in [1.54, 1.807) is 6.20 Å². The average molecular weight is 377 g/mol. The number of hydrogen-bond donors (Lipinski definition) is 1. The highest BCUT2D eigenvalue weighted by atomic mass is 32.2. The molecule has 3 atom stereocenters. The third-order valence-electron chi connectivity index (χ3n) is 5.07. The molecule has 0 spiro atoms. The lowest BCUT2D eigenvalue weighted by atomic mass is 9.93. The van der Waals surface area contributed by atoms with Crippen LogP contribution in [-0.2, 0) is 14.8 Å². The van der Waals surface area contributed by atoms with Crippen molar-refractivity contribution in [3.8, 4) is 0 Å². The lowest BCUT2D eigenvalue weighted by Gasteiger charge is -2.20. The molecule has 2 fully saturated rings. The van der Waals surface area contributed by atoms with Crippen LogP contribution in [0.3, 0.4) is 0 Å². The summed E-state index contributed by atoms with van der Waals surface area (Å²) in [6.45, 7) is 2.05. The van der Waals surface area contributed by atoms with E-state index in [0.29, 0.717) is 26.2 Å². The summed E-state index contributed by atoms with van der Waals surface area (Å²) >= 11 is 0. The lowest BCUT2D eigenvalue weighted by molar-refractivity contribution is 0.104. The Bertz CT molecular complexity index is 861. The van der Waals surface area contributed by atoms with Gasteiger partial charge in [-0.05, 0) is 36.4 Å². The highest BCUT2D eigenvalue weighted by Crippen LogP contribution is 2.36. The average Bonchev–Trinajstić information content (AvgIpc) is 3.23. The van der Waals surface area contributed by atoms with Gasteiger partial charge in [0.15, 0.2) is 0 Å². The van der Waals surface area contributed by atoms with Crippen molar-refractivity contribution >= 4 is 15.8 Å². The predicted molar refractivity (Wildman–Crippen MR) is 94.6 cm³/mol. The Labute approximate surface area is 152 Å². The summed E-state index contributed by atoms with van der Waals surface area (Å²) in [5, 5.41) is 3.29. The van der Waals surface area contributed by atoms with Crippen molar-refractivity contribution < 1.29 is 17.5 Å². The Morgan fingerprint density at radius 2 is 2.00 bits per heavy atom. The zero-order valence-electron chi connectivity index (χ0n) is 14.1. The molecule has 0 unspecified atom stereocenters. The second-order valence-electron chi connectivity index (χ2n) is 6.67. The van der Waals surface area contributed by atoms with Gasteiger partial charge in [-0.2, -0.15) is 4.31 Å². The van der Waals surface area contributed by atoms with Crippen LogP contribution in [0, 0.1) is 17.7 Å². The van der Waals surface area contributed by atoms with E-state index in [0.717, 1.165) is 5.82 Å². The third-order valence-corrected chi connectivity index (χ3v) is 6.91. The normalized spacial score (nSPS) is 26.0. The number of sulfonamides is 1. The second kappa shape index (κ2) is 6.94. The molecule has 3 heterocycles. The highest BCUT2D eigenvalue weighted by Gasteiger charge is 2.47. The van der Waals surface area contributed by atoms with Gasteiger partial charge in [0.05, 0.1) is 17.6 Å². The largest absolute Gasteiger partial charge is 0.376 e. The van der Waals surface area contributed by atoms with Gasteiger partial charge >= 0.3 is 0 Å². The summed E-state index contributed by atoms with van der Waals surface area (Å²) in [5.41, 5.74) is 0. The van der Waals surface area contributed by atoms with Gasteiger partial charge in [0.1, 0.15) is 11.6 Å². The fourth-order valence-electron chi connectivity index (χ4n) is 3.63. The molecule has 2 saturated heterocycles. The van der Waals surface area contributed by atoms with Crippen molar-refractivity contribution in [1.29, 1.82) is 0 Å². The SMILES string of the molecule is O=S(=O)(c1ccc(F)cc1)N1C[C@@H]2[C@@H](CNc3ccccn3)CO[C@@H]2C1. The van der Waals surface area contributed by atoms with Crippen molar-refractivity contribution in [1.82, 2.24) is 9.29 Å². The number of nitrogens with zero attached hydrogens (tertiary/aromatic N) is 2. The molecule has 0 radical (unpaired) electrons. The van der Waals surface area contributed by atoms with Crippen LogP contribution in [0.25, 0.3) is 0 Å². The first-order valence-electron chi connectivity index (χ1n) is 8.56. The molecule has 1 aromatic heterocycles. The second-order valence-corrected chi connectivity index (χ2v) is 8.61. The van der Waals surface area contributed by atoms with E-state index in [-0.39, 0.29) is 22.8 Å². The van der Waals surface area contributed by atoms with Crippen LogP contribution in [0.2, 0.25) is 0 Å². The fraction of sp³-hybridized carbons (Fsp3) is 0.389. The molecule has 4 rings (SSSR count). The molecule has 2 aromatic rings. The van der Waals surface area contributed by atoms with Crippen LogP contribution in [0.1, 0.15) is 0 Å². The number of hydrogen-bond acceptors (Lipinski definition) is 5. The molecule has 2 aliphatic rings.